The molecule has 3 atom stereocenters. The zero-order valence-electron chi connectivity index (χ0n) is 9.37. The Kier molecular flexibility index (Phi) is 4.97. The zero-order chi connectivity index (χ0) is 12.0. The fourth-order valence-electron chi connectivity index (χ4n) is 1.76. The van der Waals surface area contributed by atoms with Gasteiger partial charge in [-0.2, -0.15) is 5.26 Å². The average molecular weight is 219 g/mol. The minimum Gasteiger partial charge on any atom is -0.396 e. The summed E-state index contributed by atoms with van der Waals surface area (Å²) in [6.07, 6.45) is -0.162. The molecule has 0 bridgehead atoms. The van der Waals surface area contributed by atoms with E-state index in [1.54, 1.807) is 0 Å². The summed E-state index contributed by atoms with van der Waals surface area (Å²) in [6, 6.07) is 11.3. The van der Waals surface area contributed by atoms with Crippen LogP contribution >= 0.6 is 0 Å². The molecule has 1 rings (SSSR count). The van der Waals surface area contributed by atoms with Gasteiger partial charge in [-0.15, -0.1) is 0 Å². The van der Waals surface area contributed by atoms with Crippen LogP contribution in [-0.2, 0) is 0 Å². The van der Waals surface area contributed by atoms with Gasteiger partial charge in [-0.25, -0.2) is 0 Å². The van der Waals surface area contributed by atoms with Gasteiger partial charge in [0.15, 0.2) is 0 Å². The first kappa shape index (κ1) is 12.7. The van der Waals surface area contributed by atoms with Crippen molar-refractivity contribution < 1.29 is 10.2 Å². The number of nitrogens with zero attached hydrogens (tertiary/aromatic N) is 1. The van der Waals surface area contributed by atoms with E-state index in [1.165, 1.54) is 0 Å². The molecule has 3 heteroatoms. The molecule has 2 N–H and O–H groups in total. The SMILES string of the molecule is CCC(CO)C(O)C(C#N)c1ccccc1. The number of aliphatic hydroxyl groups is 2. The van der Waals surface area contributed by atoms with Crippen LogP contribution in [0, 0.1) is 17.2 Å². The van der Waals surface area contributed by atoms with Crippen molar-refractivity contribution >= 4 is 0 Å². The number of rotatable bonds is 5. The molecule has 0 heterocycles. The molecule has 0 aliphatic heterocycles. The van der Waals surface area contributed by atoms with Crippen LogP contribution in [0.1, 0.15) is 24.8 Å². The van der Waals surface area contributed by atoms with Crippen LogP contribution in [0.2, 0.25) is 0 Å². The molecule has 86 valence electrons. The zero-order valence-corrected chi connectivity index (χ0v) is 9.37. The maximum atomic E-state index is 10.0. The van der Waals surface area contributed by atoms with E-state index in [0.717, 1.165) is 5.56 Å². The van der Waals surface area contributed by atoms with Gasteiger partial charge in [-0.1, -0.05) is 37.3 Å². The second kappa shape index (κ2) is 6.26. The van der Waals surface area contributed by atoms with Gasteiger partial charge in [0.25, 0.3) is 0 Å². The second-order valence-electron chi connectivity index (χ2n) is 3.86. The van der Waals surface area contributed by atoms with Gasteiger partial charge in [0.05, 0.1) is 18.1 Å². The van der Waals surface area contributed by atoms with Gasteiger partial charge in [0.2, 0.25) is 0 Å². The summed E-state index contributed by atoms with van der Waals surface area (Å²) in [5.41, 5.74) is 0.796. The fourth-order valence-corrected chi connectivity index (χ4v) is 1.76. The molecule has 0 aliphatic carbocycles. The highest BCUT2D eigenvalue weighted by Gasteiger charge is 2.27. The van der Waals surface area contributed by atoms with Gasteiger partial charge in [0, 0.05) is 12.5 Å². The van der Waals surface area contributed by atoms with Gasteiger partial charge < -0.3 is 10.2 Å². The summed E-state index contributed by atoms with van der Waals surface area (Å²) in [5, 5.41) is 28.3. The average Bonchev–Trinajstić information content (AvgIpc) is 2.33. The fraction of sp³-hybridized carbons (Fsp3) is 0.462. The third kappa shape index (κ3) is 2.82. The lowest BCUT2D eigenvalue weighted by molar-refractivity contribution is 0.0564. The lowest BCUT2D eigenvalue weighted by Gasteiger charge is -2.23. The van der Waals surface area contributed by atoms with Crippen LogP contribution in [0.3, 0.4) is 0 Å². The lowest BCUT2D eigenvalue weighted by atomic mass is 9.86. The smallest absolute Gasteiger partial charge is 0.0975 e. The second-order valence-corrected chi connectivity index (χ2v) is 3.86. The Labute approximate surface area is 96.0 Å². The summed E-state index contributed by atoms with van der Waals surface area (Å²) in [7, 11) is 0. The van der Waals surface area contributed by atoms with E-state index < -0.39 is 12.0 Å². The van der Waals surface area contributed by atoms with E-state index in [0.29, 0.717) is 6.42 Å². The number of nitriles is 1. The Bertz CT molecular complexity index is 341. The molecule has 16 heavy (non-hydrogen) atoms. The van der Waals surface area contributed by atoms with Crippen molar-refractivity contribution in [3.05, 3.63) is 35.9 Å². The summed E-state index contributed by atoms with van der Waals surface area (Å²) < 4.78 is 0. The Morgan fingerprint density at radius 2 is 1.94 bits per heavy atom. The first-order valence-electron chi connectivity index (χ1n) is 5.48. The molecular formula is C13H17NO2. The molecule has 0 saturated heterocycles. The third-order valence-electron chi connectivity index (χ3n) is 2.88. The minimum absolute atomic E-state index is 0.0946. The van der Waals surface area contributed by atoms with Crippen molar-refractivity contribution in [2.24, 2.45) is 5.92 Å². The highest BCUT2D eigenvalue weighted by atomic mass is 16.3. The third-order valence-corrected chi connectivity index (χ3v) is 2.88. The first-order valence-corrected chi connectivity index (χ1v) is 5.48. The van der Waals surface area contributed by atoms with Crippen LogP contribution in [-0.4, -0.2) is 22.9 Å². The number of hydrogen-bond donors (Lipinski definition) is 2. The molecule has 0 saturated carbocycles. The largest absolute Gasteiger partial charge is 0.396 e. The normalized spacial score (nSPS) is 16.1. The van der Waals surface area contributed by atoms with Crippen LogP contribution in [0.4, 0.5) is 0 Å². The van der Waals surface area contributed by atoms with Crippen molar-refractivity contribution in [3.63, 3.8) is 0 Å². The van der Waals surface area contributed by atoms with Gasteiger partial charge >= 0.3 is 0 Å². The quantitative estimate of drug-likeness (QED) is 0.791. The maximum absolute atomic E-state index is 10.0. The van der Waals surface area contributed by atoms with Crippen molar-refractivity contribution in [3.8, 4) is 6.07 Å². The molecule has 3 nitrogen and oxygen atoms in total. The van der Waals surface area contributed by atoms with Crippen LogP contribution in [0.25, 0.3) is 0 Å². The Balaban J connectivity index is 2.87. The predicted octanol–water partition coefficient (Wildman–Crippen LogP) is 1.67. The molecule has 3 unspecified atom stereocenters. The van der Waals surface area contributed by atoms with Crippen LogP contribution in [0.5, 0.6) is 0 Å². The maximum Gasteiger partial charge on any atom is 0.0975 e. The Morgan fingerprint density at radius 3 is 2.38 bits per heavy atom. The molecular weight excluding hydrogens is 202 g/mol. The van der Waals surface area contributed by atoms with Crippen molar-refractivity contribution in [2.45, 2.75) is 25.4 Å². The Hall–Kier alpha value is -1.37. The summed E-state index contributed by atoms with van der Waals surface area (Å²) in [4.78, 5) is 0. The number of aliphatic hydroxyl groups excluding tert-OH is 2. The van der Waals surface area contributed by atoms with Crippen LogP contribution < -0.4 is 0 Å². The van der Waals surface area contributed by atoms with Gasteiger partial charge in [-0.3, -0.25) is 0 Å². The topological polar surface area (TPSA) is 64.2 Å². The van der Waals surface area contributed by atoms with Crippen molar-refractivity contribution in [1.29, 1.82) is 5.26 Å². The molecule has 1 aromatic carbocycles. The van der Waals surface area contributed by atoms with E-state index in [2.05, 4.69) is 6.07 Å². The van der Waals surface area contributed by atoms with Crippen molar-refractivity contribution in [2.75, 3.05) is 6.61 Å². The Morgan fingerprint density at radius 1 is 1.31 bits per heavy atom. The van der Waals surface area contributed by atoms with Crippen LogP contribution in [0.15, 0.2) is 30.3 Å². The molecule has 0 aliphatic rings. The molecule has 1 aromatic rings. The predicted molar refractivity (Wildman–Crippen MR) is 61.7 cm³/mol. The highest BCUT2D eigenvalue weighted by Crippen LogP contribution is 2.25. The van der Waals surface area contributed by atoms with Gasteiger partial charge in [0.1, 0.15) is 0 Å². The van der Waals surface area contributed by atoms with Crippen molar-refractivity contribution in [1.82, 2.24) is 0 Å². The van der Waals surface area contributed by atoms with E-state index in [1.807, 2.05) is 37.3 Å². The number of hydrogen-bond acceptors (Lipinski definition) is 3. The van der Waals surface area contributed by atoms with E-state index >= 15 is 0 Å². The van der Waals surface area contributed by atoms with E-state index in [9.17, 15) is 5.11 Å². The standard InChI is InChI=1S/C13H17NO2/c1-2-10(9-15)13(16)12(8-14)11-6-4-3-5-7-11/h3-7,10,12-13,15-16H,2,9H2,1H3. The monoisotopic (exact) mass is 219 g/mol. The summed E-state index contributed by atoms with van der Waals surface area (Å²) in [6.45, 7) is 1.80. The molecule has 0 aromatic heterocycles. The summed E-state index contributed by atoms with van der Waals surface area (Å²) >= 11 is 0. The lowest BCUT2D eigenvalue weighted by Crippen LogP contribution is -2.29. The number of benzene rings is 1. The molecule has 0 radical (unpaired) electrons. The minimum atomic E-state index is -0.817. The van der Waals surface area contributed by atoms with E-state index in [-0.39, 0.29) is 12.5 Å². The first-order chi connectivity index (χ1) is 7.74. The van der Waals surface area contributed by atoms with E-state index in [4.69, 9.17) is 10.4 Å². The molecule has 0 fully saturated rings. The molecule has 0 spiro atoms. The highest BCUT2D eigenvalue weighted by molar-refractivity contribution is 5.26. The summed E-state index contributed by atoms with van der Waals surface area (Å²) in [5.74, 6) is -0.817. The molecule has 0 amide bonds. The van der Waals surface area contributed by atoms with Gasteiger partial charge in [-0.05, 0) is 12.0 Å².